The van der Waals surface area contributed by atoms with Crippen LogP contribution in [0.15, 0.2) is 16.9 Å². The molecule has 0 fully saturated rings. The molecule has 2 aromatic heterocycles. The summed E-state index contributed by atoms with van der Waals surface area (Å²) in [5.41, 5.74) is 5.86. The first-order valence-corrected chi connectivity index (χ1v) is 11.2. The number of aliphatic hydroxyl groups excluding tert-OH is 2. The highest BCUT2D eigenvalue weighted by Gasteiger charge is 2.35. The lowest BCUT2D eigenvalue weighted by Gasteiger charge is -2.22. The topological polar surface area (TPSA) is 102 Å². The summed E-state index contributed by atoms with van der Waals surface area (Å²) in [5.74, 6) is -1.03. The Bertz CT molecular complexity index is 1350. The molecular weight excluding hydrogens is 427 g/mol. The van der Waals surface area contributed by atoms with E-state index in [-0.39, 0.29) is 23.5 Å². The van der Waals surface area contributed by atoms with Crippen molar-refractivity contribution in [3.63, 3.8) is 0 Å². The van der Waals surface area contributed by atoms with E-state index in [1.165, 1.54) is 6.07 Å². The van der Waals surface area contributed by atoms with Crippen molar-refractivity contribution >= 4 is 16.9 Å². The lowest BCUT2D eigenvalue weighted by Crippen LogP contribution is -2.32. The highest BCUT2D eigenvalue weighted by Crippen LogP contribution is 2.41. The van der Waals surface area contributed by atoms with Crippen LogP contribution in [0, 0.1) is 12.7 Å². The van der Waals surface area contributed by atoms with Gasteiger partial charge in [-0.1, -0.05) is 13.8 Å². The van der Waals surface area contributed by atoms with Gasteiger partial charge in [-0.25, -0.2) is 14.2 Å². The average molecular weight is 454 g/mol. The molecule has 0 saturated heterocycles. The summed E-state index contributed by atoms with van der Waals surface area (Å²) >= 11 is 0. The number of aliphatic hydroxyl groups is 2. The van der Waals surface area contributed by atoms with E-state index in [2.05, 4.69) is 0 Å². The maximum absolute atomic E-state index is 14.5. The summed E-state index contributed by atoms with van der Waals surface area (Å²) in [7, 11) is 1.00. The monoisotopic (exact) mass is 454 g/mol. The predicted octanol–water partition coefficient (Wildman–Crippen LogP) is 3.09. The van der Waals surface area contributed by atoms with Crippen LogP contribution < -0.4 is 5.56 Å². The molecule has 8 heteroatoms. The van der Waals surface area contributed by atoms with Gasteiger partial charge in [-0.05, 0) is 48.9 Å². The summed E-state index contributed by atoms with van der Waals surface area (Å²) in [5, 5.41) is 18.2. The molecule has 0 spiro atoms. The van der Waals surface area contributed by atoms with Crippen LogP contribution in [0.2, 0.25) is 0 Å². The van der Waals surface area contributed by atoms with E-state index in [1.807, 2.05) is 13.8 Å². The van der Waals surface area contributed by atoms with Gasteiger partial charge in [-0.15, -0.1) is 0 Å². The number of rotatable bonds is 0. The SMILES string of the molecule is CC.CO.Cc1c(F)cc2nc3c(c4c2c1CCC4)Cn1c-3cc2c(c1=O)COC(=O)C2O. The van der Waals surface area contributed by atoms with E-state index >= 15 is 0 Å². The van der Waals surface area contributed by atoms with Gasteiger partial charge in [0.2, 0.25) is 0 Å². The molecule has 1 unspecified atom stereocenters. The maximum Gasteiger partial charge on any atom is 0.340 e. The van der Waals surface area contributed by atoms with Gasteiger partial charge in [-0.2, -0.15) is 0 Å². The summed E-state index contributed by atoms with van der Waals surface area (Å²) in [4.78, 5) is 29.6. The second-order valence-electron chi connectivity index (χ2n) is 7.99. The molecule has 7 nitrogen and oxygen atoms in total. The quantitative estimate of drug-likeness (QED) is 0.396. The Morgan fingerprint density at radius 1 is 1.09 bits per heavy atom. The molecule has 174 valence electrons. The second-order valence-corrected chi connectivity index (χ2v) is 7.99. The Morgan fingerprint density at radius 2 is 1.79 bits per heavy atom. The van der Waals surface area contributed by atoms with E-state index in [4.69, 9.17) is 14.8 Å². The van der Waals surface area contributed by atoms with Crippen molar-refractivity contribution in [1.29, 1.82) is 0 Å². The molecule has 0 radical (unpaired) electrons. The zero-order chi connectivity index (χ0) is 24.0. The van der Waals surface area contributed by atoms with Crippen molar-refractivity contribution in [1.82, 2.24) is 9.55 Å². The predicted molar refractivity (Wildman–Crippen MR) is 122 cm³/mol. The first kappa shape index (κ1) is 23.1. The van der Waals surface area contributed by atoms with Crippen molar-refractivity contribution in [3.05, 3.63) is 61.7 Å². The molecule has 3 aliphatic rings. The number of nitrogens with zero attached hydrogens (tertiary/aromatic N) is 2. The highest BCUT2D eigenvalue weighted by atomic mass is 19.1. The van der Waals surface area contributed by atoms with Crippen LogP contribution in [0.1, 0.15) is 59.8 Å². The zero-order valence-corrected chi connectivity index (χ0v) is 19.2. The van der Waals surface area contributed by atoms with E-state index in [0.29, 0.717) is 34.6 Å². The van der Waals surface area contributed by atoms with E-state index < -0.39 is 12.1 Å². The van der Waals surface area contributed by atoms with Gasteiger partial charge >= 0.3 is 5.97 Å². The van der Waals surface area contributed by atoms with Gasteiger partial charge < -0.3 is 19.5 Å². The van der Waals surface area contributed by atoms with Crippen LogP contribution >= 0.6 is 0 Å². The minimum absolute atomic E-state index is 0.141. The molecule has 2 N–H and O–H groups in total. The maximum atomic E-state index is 14.5. The number of aryl methyl sites for hydroxylation is 2. The van der Waals surface area contributed by atoms with Gasteiger partial charge in [-0.3, -0.25) is 4.79 Å². The van der Waals surface area contributed by atoms with Crippen LogP contribution in [0.5, 0.6) is 0 Å². The van der Waals surface area contributed by atoms with Crippen molar-refractivity contribution in [2.45, 2.75) is 59.3 Å². The fraction of sp³-hybridized carbons (Fsp3) is 0.400. The van der Waals surface area contributed by atoms with Crippen LogP contribution in [0.4, 0.5) is 4.39 Å². The van der Waals surface area contributed by atoms with Gasteiger partial charge in [0.15, 0.2) is 6.10 Å². The Balaban J connectivity index is 0.000000617. The largest absolute Gasteiger partial charge is 0.458 e. The van der Waals surface area contributed by atoms with E-state index in [1.54, 1.807) is 17.6 Å². The normalized spacial score (nSPS) is 17.1. The Kier molecular flexibility index (Phi) is 6.07. The number of hydrogen-bond donors (Lipinski definition) is 2. The summed E-state index contributed by atoms with van der Waals surface area (Å²) in [6.07, 6.45) is 1.12. The Hall–Kier alpha value is -3.10. The highest BCUT2D eigenvalue weighted by molar-refractivity contribution is 5.92. The molecule has 0 saturated carbocycles. The fourth-order valence-electron chi connectivity index (χ4n) is 5.06. The minimum Gasteiger partial charge on any atom is -0.458 e. The number of benzene rings is 1. The molecule has 1 atom stereocenters. The average Bonchev–Trinajstić information content (AvgIpc) is 3.22. The molecule has 0 bridgehead atoms. The van der Waals surface area contributed by atoms with Crippen molar-refractivity contribution in [3.8, 4) is 11.4 Å². The second kappa shape index (κ2) is 8.68. The summed E-state index contributed by atoms with van der Waals surface area (Å²) in [6.45, 7) is 6.05. The molecule has 3 aromatic rings. The van der Waals surface area contributed by atoms with Crippen LogP contribution in [0.25, 0.3) is 22.3 Å². The number of pyridine rings is 2. The van der Waals surface area contributed by atoms with Gasteiger partial charge in [0, 0.05) is 29.7 Å². The fourth-order valence-corrected chi connectivity index (χ4v) is 5.06. The van der Waals surface area contributed by atoms with E-state index in [9.17, 15) is 19.1 Å². The summed E-state index contributed by atoms with van der Waals surface area (Å²) < 4.78 is 21.1. The van der Waals surface area contributed by atoms with Gasteiger partial charge in [0.1, 0.15) is 12.4 Å². The van der Waals surface area contributed by atoms with E-state index in [0.717, 1.165) is 48.4 Å². The first-order valence-electron chi connectivity index (χ1n) is 11.2. The third-order valence-corrected chi connectivity index (χ3v) is 6.54. The van der Waals surface area contributed by atoms with Crippen LogP contribution in [0.3, 0.4) is 0 Å². The molecule has 6 rings (SSSR count). The molecule has 4 heterocycles. The number of aromatic nitrogens is 2. The summed E-state index contributed by atoms with van der Waals surface area (Å²) in [6, 6.07) is 3.13. The third kappa shape index (κ3) is 3.28. The van der Waals surface area contributed by atoms with Crippen molar-refractivity contribution < 1.29 is 24.1 Å². The number of fused-ring (bicyclic) bond motifs is 5. The number of carbonyl (C=O) groups excluding carboxylic acids is 1. The number of ether oxygens (including phenoxy) is 1. The molecule has 2 aliphatic heterocycles. The first-order chi connectivity index (χ1) is 16.0. The van der Waals surface area contributed by atoms with Gasteiger partial charge in [0.25, 0.3) is 5.56 Å². The van der Waals surface area contributed by atoms with Crippen LogP contribution in [-0.2, 0) is 35.5 Å². The van der Waals surface area contributed by atoms with Crippen LogP contribution in [-0.4, -0.2) is 32.8 Å². The Morgan fingerprint density at radius 3 is 2.52 bits per heavy atom. The smallest absolute Gasteiger partial charge is 0.340 e. The van der Waals surface area contributed by atoms with Gasteiger partial charge in [0.05, 0.1) is 29.0 Å². The molecular formula is C25H27FN2O5. The number of hydrogen-bond acceptors (Lipinski definition) is 6. The molecule has 1 aromatic carbocycles. The van der Waals surface area contributed by atoms with Crippen molar-refractivity contribution in [2.75, 3.05) is 7.11 Å². The minimum atomic E-state index is -1.48. The Labute approximate surface area is 190 Å². The van der Waals surface area contributed by atoms with Crippen molar-refractivity contribution in [2.24, 2.45) is 0 Å². The zero-order valence-electron chi connectivity index (χ0n) is 19.2. The lowest BCUT2D eigenvalue weighted by molar-refractivity contribution is -0.157. The molecule has 1 aliphatic carbocycles. The number of carbonyl (C=O) groups is 1. The number of esters is 1. The number of halogens is 1. The number of cyclic esters (lactones) is 1. The third-order valence-electron chi connectivity index (χ3n) is 6.54. The molecule has 33 heavy (non-hydrogen) atoms. The lowest BCUT2D eigenvalue weighted by atomic mass is 9.85. The standard InChI is InChI=1S/C22H17FN2O4.C2H6.CH4O/c1-9-10-3-2-4-11-13-7-25-17(19(13)24-16(18(10)11)6-15(9)23)5-12-14(21(25)27)8-29-22(28)20(12)26;2*1-2/h5-6,20,26H,2-4,7-8H2,1H3;1-2H3;2H,1H3. The molecule has 0 amide bonds.